The molecule has 146 valence electrons. The second kappa shape index (κ2) is 7.48. The van der Waals surface area contributed by atoms with Crippen LogP contribution in [-0.4, -0.2) is 28.2 Å². The van der Waals surface area contributed by atoms with Gasteiger partial charge in [0.2, 0.25) is 0 Å². The van der Waals surface area contributed by atoms with Crippen LogP contribution in [0.2, 0.25) is 0 Å². The Bertz CT molecular complexity index is 1110. The number of hydrogen-bond acceptors (Lipinski definition) is 5. The minimum absolute atomic E-state index is 0.0583. The van der Waals surface area contributed by atoms with Gasteiger partial charge in [0.25, 0.3) is 11.5 Å². The molecule has 1 amide bonds. The molecule has 28 heavy (non-hydrogen) atoms. The number of anilines is 1. The van der Waals surface area contributed by atoms with Crippen molar-refractivity contribution in [3.05, 3.63) is 56.4 Å². The van der Waals surface area contributed by atoms with E-state index in [4.69, 9.17) is 4.74 Å². The first-order valence-corrected chi connectivity index (χ1v) is 10.2. The van der Waals surface area contributed by atoms with Crippen LogP contribution >= 0.6 is 11.3 Å². The number of aromatic nitrogens is 2. The normalized spacial score (nSPS) is 16.6. The summed E-state index contributed by atoms with van der Waals surface area (Å²) in [6.45, 7) is 7.01. The van der Waals surface area contributed by atoms with Gasteiger partial charge in [0.05, 0.1) is 29.2 Å². The van der Waals surface area contributed by atoms with E-state index in [1.807, 2.05) is 39.0 Å². The molecule has 0 bridgehead atoms. The number of ether oxygens (including phenoxy) is 1. The lowest BCUT2D eigenvalue weighted by Crippen LogP contribution is -2.26. The SMILES string of the molecule is Cc1ccc(C)c(NC(=O)c2sc3ncn(CC4CCCO4)c(=O)c3c2C)c1. The molecule has 2 aromatic heterocycles. The first kappa shape index (κ1) is 18.8. The van der Waals surface area contributed by atoms with E-state index in [0.29, 0.717) is 27.2 Å². The Labute approximate surface area is 167 Å². The minimum atomic E-state index is -0.209. The third-order valence-electron chi connectivity index (χ3n) is 5.19. The minimum Gasteiger partial charge on any atom is -0.376 e. The Morgan fingerprint density at radius 3 is 2.93 bits per heavy atom. The van der Waals surface area contributed by atoms with Gasteiger partial charge in [-0.25, -0.2) is 4.98 Å². The number of hydrogen-bond donors (Lipinski definition) is 1. The number of carbonyl (C=O) groups is 1. The fourth-order valence-corrected chi connectivity index (χ4v) is 4.60. The van der Waals surface area contributed by atoms with E-state index < -0.39 is 0 Å². The van der Waals surface area contributed by atoms with Crippen LogP contribution in [0.4, 0.5) is 5.69 Å². The van der Waals surface area contributed by atoms with Crippen LogP contribution in [0, 0.1) is 20.8 Å². The number of amides is 1. The fraction of sp³-hybridized carbons (Fsp3) is 0.381. The average Bonchev–Trinajstić information content (AvgIpc) is 3.29. The van der Waals surface area contributed by atoms with Crippen molar-refractivity contribution in [1.82, 2.24) is 9.55 Å². The zero-order valence-corrected chi connectivity index (χ0v) is 17.1. The van der Waals surface area contributed by atoms with Gasteiger partial charge in [0.1, 0.15) is 4.83 Å². The molecule has 1 fully saturated rings. The largest absolute Gasteiger partial charge is 0.376 e. The van der Waals surface area contributed by atoms with E-state index in [0.717, 1.165) is 36.3 Å². The predicted molar refractivity (Wildman–Crippen MR) is 111 cm³/mol. The van der Waals surface area contributed by atoms with Gasteiger partial charge in [-0.3, -0.25) is 14.2 Å². The summed E-state index contributed by atoms with van der Waals surface area (Å²) in [6, 6.07) is 5.94. The van der Waals surface area contributed by atoms with Crippen LogP contribution in [0.15, 0.2) is 29.3 Å². The lowest BCUT2D eigenvalue weighted by atomic mass is 10.1. The summed E-state index contributed by atoms with van der Waals surface area (Å²) in [7, 11) is 0. The maximum Gasteiger partial charge on any atom is 0.266 e. The van der Waals surface area contributed by atoms with E-state index in [2.05, 4.69) is 10.3 Å². The molecule has 1 N–H and O–H groups in total. The smallest absolute Gasteiger partial charge is 0.266 e. The molecule has 1 aliphatic rings. The number of rotatable bonds is 4. The molecule has 1 atom stereocenters. The van der Waals surface area contributed by atoms with Crippen LogP contribution in [0.1, 0.15) is 39.2 Å². The Morgan fingerprint density at radius 1 is 1.36 bits per heavy atom. The molecule has 1 unspecified atom stereocenters. The second-order valence-electron chi connectivity index (χ2n) is 7.35. The molecule has 6 nitrogen and oxygen atoms in total. The summed E-state index contributed by atoms with van der Waals surface area (Å²) in [5.74, 6) is -0.209. The number of thiophene rings is 1. The van der Waals surface area contributed by atoms with Gasteiger partial charge in [0.15, 0.2) is 0 Å². The summed E-state index contributed by atoms with van der Waals surface area (Å²) in [5.41, 5.74) is 3.43. The van der Waals surface area contributed by atoms with Gasteiger partial charge in [-0.1, -0.05) is 12.1 Å². The van der Waals surface area contributed by atoms with Crippen LogP contribution in [0.25, 0.3) is 10.2 Å². The second-order valence-corrected chi connectivity index (χ2v) is 8.35. The van der Waals surface area contributed by atoms with E-state index in [1.54, 1.807) is 10.9 Å². The molecule has 1 saturated heterocycles. The summed E-state index contributed by atoms with van der Waals surface area (Å²) >= 11 is 1.26. The Balaban J connectivity index is 1.67. The molecule has 3 aromatic rings. The maximum absolute atomic E-state index is 13.0. The van der Waals surface area contributed by atoms with Crippen LogP contribution in [0.5, 0.6) is 0 Å². The van der Waals surface area contributed by atoms with Gasteiger partial charge in [-0.15, -0.1) is 11.3 Å². The van der Waals surface area contributed by atoms with Crippen LogP contribution < -0.4 is 10.9 Å². The van der Waals surface area contributed by atoms with Crippen LogP contribution in [0.3, 0.4) is 0 Å². The first-order chi connectivity index (χ1) is 13.4. The summed E-state index contributed by atoms with van der Waals surface area (Å²) in [4.78, 5) is 31.4. The standard InChI is InChI=1S/C21H23N3O3S/c1-12-6-7-13(2)16(9-12)23-19(25)18-14(3)17-20(28-18)22-11-24(21(17)26)10-15-5-4-8-27-15/h6-7,9,11,15H,4-5,8,10H2,1-3H3,(H,23,25). The molecule has 7 heteroatoms. The van der Waals surface area contributed by atoms with E-state index in [9.17, 15) is 9.59 Å². The van der Waals surface area contributed by atoms with Gasteiger partial charge >= 0.3 is 0 Å². The molecular weight excluding hydrogens is 374 g/mol. The maximum atomic E-state index is 13.0. The monoisotopic (exact) mass is 397 g/mol. The van der Waals surface area contributed by atoms with Crippen molar-refractivity contribution >= 4 is 33.1 Å². The molecule has 3 heterocycles. The highest BCUT2D eigenvalue weighted by atomic mass is 32.1. The Kier molecular flexibility index (Phi) is 5.03. The highest BCUT2D eigenvalue weighted by Crippen LogP contribution is 2.28. The molecule has 0 spiro atoms. The van der Waals surface area contributed by atoms with Crippen molar-refractivity contribution < 1.29 is 9.53 Å². The predicted octanol–water partition coefficient (Wildman–Crippen LogP) is 3.81. The highest BCUT2D eigenvalue weighted by Gasteiger charge is 2.22. The lowest BCUT2D eigenvalue weighted by Gasteiger charge is -2.11. The fourth-order valence-electron chi connectivity index (χ4n) is 3.56. The molecule has 0 radical (unpaired) electrons. The third kappa shape index (κ3) is 3.47. The third-order valence-corrected chi connectivity index (χ3v) is 6.39. The van der Waals surface area contributed by atoms with E-state index in [1.165, 1.54) is 11.3 Å². The van der Waals surface area contributed by atoms with Crippen molar-refractivity contribution in [1.29, 1.82) is 0 Å². The first-order valence-electron chi connectivity index (χ1n) is 9.43. The number of carbonyl (C=O) groups excluding carboxylic acids is 1. The van der Waals surface area contributed by atoms with Crippen molar-refractivity contribution in [2.24, 2.45) is 0 Å². The molecule has 0 aliphatic carbocycles. The topological polar surface area (TPSA) is 73.2 Å². The zero-order chi connectivity index (χ0) is 19.8. The zero-order valence-electron chi connectivity index (χ0n) is 16.2. The number of aryl methyl sites for hydroxylation is 3. The highest BCUT2D eigenvalue weighted by molar-refractivity contribution is 7.20. The van der Waals surface area contributed by atoms with E-state index >= 15 is 0 Å². The van der Waals surface area contributed by atoms with E-state index in [-0.39, 0.29) is 17.6 Å². The molecule has 1 aromatic carbocycles. The van der Waals surface area contributed by atoms with Gasteiger partial charge in [-0.2, -0.15) is 0 Å². The summed E-state index contributed by atoms with van der Waals surface area (Å²) in [5, 5.41) is 3.50. The number of fused-ring (bicyclic) bond motifs is 1. The molecule has 4 rings (SSSR count). The van der Waals surface area contributed by atoms with Gasteiger partial charge in [-0.05, 0) is 56.4 Å². The number of nitrogens with one attached hydrogen (secondary N) is 1. The van der Waals surface area contributed by atoms with Crippen molar-refractivity contribution in [2.75, 3.05) is 11.9 Å². The molecular formula is C21H23N3O3S. The Morgan fingerprint density at radius 2 is 2.18 bits per heavy atom. The van der Waals surface area contributed by atoms with Gasteiger partial charge < -0.3 is 10.1 Å². The quantitative estimate of drug-likeness (QED) is 0.726. The van der Waals surface area contributed by atoms with Crippen molar-refractivity contribution in [2.45, 2.75) is 46.3 Å². The number of benzene rings is 1. The summed E-state index contributed by atoms with van der Waals surface area (Å²) in [6.07, 6.45) is 3.60. The lowest BCUT2D eigenvalue weighted by molar-refractivity contribution is 0.0960. The molecule has 1 aliphatic heterocycles. The molecule has 0 saturated carbocycles. The van der Waals surface area contributed by atoms with Gasteiger partial charge in [0, 0.05) is 12.3 Å². The van der Waals surface area contributed by atoms with Crippen LogP contribution in [-0.2, 0) is 11.3 Å². The van der Waals surface area contributed by atoms with Crippen molar-refractivity contribution in [3.63, 3.8) is 0 Å². The Hall–Kier alpha value is -2.51. The summed E-state index contributed by atoms with van der Waals surface area (Å²) < 4.78 is 7.24. The average molecular weight is 398 g/mol. The van der Waals surface area contributed by atoms with Crippen molar-refractivity contribution in [3.8, 4) is 0 Å². The number of nitrogens with zero attached hydrogens (tertiary/aromatic N) is 2.